The van der Waals surface area contributed by atoms with E-state index in [0.29, 0.717) is 0 Å². The average molecular weight is 239 g/mol. The first kappa shape index (κ1) is 10.8. The third kappa shape index (κ3) is 1.83. The van der Waals surface area contributed by atoms with Gasteiger partial charge in [0, 0.05) is 0 Å². The monoisotopic (exact) mass is 238 g/mol. The molecule has 16 heavy (non-hydrogen) atoms. The van der Waals surface area contributed by atoms with Crippen LogP contribution < -0.4 is 4.90 Å². The highest BCUT2D eigenvalue weighted by molar-refractivity contribution is 6.28. The molecule has 1 aliphatic rings. The Balaban J connectivity index is 2.44. The van der Waals surface area contributed by atoms with Gasteiger partial charge in [-0.2, -0.15) is 10.2 Å². The smallest absolute Gasteiger partial charge is 0.230 e. The van der Waals surface area contributed by atoms with Crippen LogP contribution in [0.15, 0.2) is 6.20 Å². The molecule has 1 saturated heterocycles. The standard InChI is InChI=1S/C9H7ClN4O2/c10-9-12-3-5(2-11)8(13-9)14-4-6(15)1-7(14)16/h3,6,15H,1,4H2. The molecule has 1 aromatic rings. The Morgan fingerprint density at radius 3 is 3.00 bits per heavy atom. The minimum atomic E-state index is -0.729. The zero-order chi connectivity index (χ0) is 11.7. The van der Waals surface area contributed by atoms with Crippen LogP contribution in [0.25, 0.3) is 0 Å². The van der Waals surface area contributed by atoms with Crippen molar-refractivity contribution in [3.8, 4) is 6.07 Å². The molecular weight excluding hydrogens is 232 g/mol. The van der Waals surface area contributed by atoms with Gasteiger partial charge in [0.15, 0.2) is 5.82 Å². The topological polar surface area (TPSA) is 90.1 Å². The number of β-amino-alcohol motifs (C(OH)–C–C–N with tert-alkyl or cyclic N) is 1. The van der Waals surface area contributed by atoms with E-state index in [9.17, 15) is 9.90 Å². The molecule has 0 spiro atoms. The van der Waals surface area contributed by atoms with Gasteiger partial charge in [0.05, 0.1) is 25.3 Å². The third-order valence-corrected chi connectivity index (χ3v) is 2.40. The van der Waals surface area contributed by atoms with E-state index in [1.807, 2.05) is 6.07 Å². The molecule has 1 atom stereocenters. The Bertz CT molecular complexity index is 485. The Morgan fingerprint density at radius 2 is 2.44 bits per heavy atom. The van der Waals surface area contributed by atoms with Gasteiger partial charge in [0.2, 0.25) is 11.2 Å². The lowest BCUT2D eigenvalue weighted by atomic mass is 10.3. The molecular formula is C9H7ClN4O2. The van der Waals surface area contributed by atoms with Gasteiger partial charge in [-0.05, 0) is 11.6 Å². The maximum atomic E-state index is 11.5. The van der Waals surface area contributed by atoms with Crippen molar-refractivity contribution in [2.24, 2.45) is 0 Å². The lowest BCUT2D eigenvalue weighted by molar-refractivity contribution is -0.117. The number of aliphatic hydroxyl groups excluding tert-OH is 1. The largest absolute Gasteiger partial charge is 0.391 e. The number of nitriles is 1. The van der Waals surface area contributed by atoms with Crippen molar-refractivity contribution in [1.29, 1.82) is 5.26 Å². The Hall–Kier alpha value is -1.71. The predicted molar refractivity (Wildman–Crippen MR) is 54.7 cm³/mol. The summed E-state index contributed by atoms with van der Waals surface area (Å²) in [5.41, 5.74) is 0.159. The summed E-state index contributed by atoms with van der Waals surface area (Å²) < 4.78 is 0. The zero-order valence-corrected chi connectivity index (χ0v) is 8.85. The number of halogens is 1. The number of anilines is 1. The number of nitrogens with zero attached hydrogens (tertiary/aromatic N) is 4. The van der Waals surface area contributed by atoms with Gasteiger partial charge in [0.25, 0.3) is 0 Å². The van der Waals surface area contributed by atoms with Crippen LogP contribution in [0.4, 0.5) is 5.82 Å². The molecule has 1 amide bonds. The molecule has 0 radical (unpaired) electrons. The molecule has 0 bridgehead atoms. The number of carbonyl (C=O) groups is 1. The van der Waals surface area contributed by atoms with Crippen LogP contribution in [0.3, 0.4) is 0 Å². The minimum Gasteiger partial charge on any atom is -0.391 e. The summed E-state index contributed by atoms with van der Waals surface area (Å²) in [5.74, 6) is -0.122. The van der Waals surface area contributed by atoms with Crippen LogP contribution in [-0.2, 0) is 4.79 Å². The van der Waals surface area contributed by atoms with Gasteiger partial charge >= 0.3 is 0 Å². The van der Waals surface area contributed by atoms with E-state index < -0.39 is 6.10 Å². The highest BCUT2D eigenvalue weighted by atomic mass is 35.5. The molecule has 82 valence electrons. The van der Waals surface area contributed by atoms with Crippen LogP contribution in [0.5, 0.6) is 0 Å². The highest BCUT2D eigenvalue weighted by Gasteiger charge is 2.31. The van der Waals surface area contributed by atoms with E-state index in [1.165, 1.54) is 11.1 Å². The first-order chi connectivity index (χ1) is 7.61. The van der Waals surface area contributed by atoms with E-state index in [0.717, 1.165) is 0 Å². The lowest BCUT2D eigenvalue weighted by Crippen LogP contribution is -2.27. The van der Waals surface area contributed by atoms with Crippen molar-refractivity contribution in [1.82, 2.24) is 9.97 Å². The highest BCUT2D eigenvalue weighted by Crippen LogP contribution is 2.23. The molecule has 1 N–H and O–H groups in total. The number of hydrogen-bond acceptors (Lipinski definition) is 5. The lowest BCUT2D eigenvalue weighted by Gasteiger charge is -2.15. The molecule has 2 heterocycles. The summed E-state index contributed by atoms with van der Waals surface area (Å²) in [6.07, 6.45) is 0.558. The Morgan fingerprint density at radius 1 is 1.69 bits per heavy atom. The fourth-order valence-electron chi connectivity index (χ4n) is 1.53. The summed E-state index contributed by atoms with van der Waals surface area (Å²) in [7, 11) is 0. The SMILES string of the molecule is N#Cc1cnc(Cl)nc1N1CC(O)CC1=O. The summed E-state index contributed by atoms with van der Waals surface area (Å²) in [6, 6.07) is 1.88. The van der Waals surface area contributed by atoms with Crippen molar-refractivity contribution in [3.05, 3.63) is 17.0 Å². The van der Waals surface area contributed by atoms with Crippen molar-refractivity contribution >= 4 is 23.3 Å². The second kappa shape index (κ2) is 4.04. The quantitative estimate of drug-likeness (QED) is 0.701. The van der Waals surface area contributed by atoms with Crippen LogP contribution in [0.2, 0.25) is 5.28 Å². The summed E-state index contributed by atoms with van der Waals surface area (Å²) in [4.78, 5) is 20.3. The van der Waals surface area contributed by atoms with Crippen molar-refractivity contribution < 1.29 is 9.90 Å². The van der Waals surface area contributed by atoms with Gasteiger partial charge in [-0.1, -0.05) is 0 Å². The number of hydrogen-bond donors (Lipinski definition) is 1. The van der Waals surface area contributed by atoms with E-state index in [1.54, 1.807) is 0 Å². The van der Waals surface area contributed by atoms with Crippen LogP contribution in [0.1, 0.15) is 12.0 Å². The van der Waals surface area contributed by atoms with Gasteiger partial charge in [0.1, 0.15) is 11.6 Å². The van der Waals surface area contributed by atoms with E-state index in [2.05, 4.69) is 9.97 Å². The maximum absolute atomic E-state index is 11.5. The molecule has 1 aliphatic heterocycles. The van der Waals surface area contributed by atoms with Crippen molar-refractivity contribution in [3.63, 3.8) is 0 Å². The molecule has 1 aromatic heterocycles. The number of aliphatic hydroxyl groups is 1. The summed E-state index contributed by atoms with van der Waals surface area (Å²) in [6.45, 7) is 0.126. The number of amides is 1. The van der Waals surface area contributed by atoms with Gasteiger partial charge < -0.3 is 5.11 Å². The molecule has 1 unspecified atom stereocenters. The molecule has 1 fully saturated rings. The fraction of sp³-hybridized carbons (Fsp3) is 0.333. The van der Waals surface area contributed by atoms with E-state index >= 15 is 0 Å². The van der Waals surface area contributed by atoms with Gasteiger partial charge in [-0.15, -0.1) is 0 Å². The Labute approximate surface area is 96.1 Å². The van der Waals surface area contributed by atoms with E-state index in [4.69, 9.17) is 16.9 Å². The molecule has 0 aliphatic carbocycles. The number of aromatic nitrogens is 2. The first-order valence-electron chi connectivity index (χ1n) is 4.53. The molecule has 0 saturated carbocycles. The summed E-state index contributed by atoms with van der Waals surface area (Å²) in [5, 5.41) is 18.2. The second-order valence-corrected chi connectivity index (χ2v) is 3.69. The van der Waals surface area contributed by atoms with Crippen LogP contribution in [0, 0.1) is 11.3 Å². The minimum absolute atomic E-state index is 0.0342. The number of rotatable bonds is 1. The number of carbonyl (C=O) groups excluding carboxylic acids is 1. The van der Waals surface area contributed by atoms with Gasteiger partial charge in [-0.3, -0.25) is 9.69 Å². The van der Waals surface area contributed by atoms with Crippen LogP contribution >= 0.6 is 11.6 Å². The first-order valence-corrected chi connectivity index (χ1v) is 4.90. The molecule has 6 nitrogen and oxygen atoms in total. The predicted octanol–water partition coefficient (Wildman–Crippen LogP) is 0.0993. The third-order valence-electron chi connectivity index (χ3n) is 2.22. The molecule has 2 rings (SSSR count). The molecule has 7 heteroatoms. The van der Waals surface area contributed by atoms with Crippen LogP contribution in [-0.4, -0.2) is 33.6 Å². The summed E-state index contributed by atoms with van der Waals surface area (Å²) >= 11 is 5.60. The second-order valence-electron chi connectivity index (χ2n) is 3.35. The normalized spacial score (nSPS) is 19.9. The van der Waals surface area contributed by atoms with Gasteiger partial charge in [-0.25, -0.2) is 4.98 Å². The Kier molecular flexibility index (Phi) is 2.73. The van der Waals surface area contributed by atoms with E-state index in [-0.39, 0.29) is 35.5 Å². The zero-order valence-electron chi connectivity index (χ0n) is 8.09. The fourth-order valence-corrected chi connectivity index (χ4v) is 1.66. The van der Waals surface area contributed by atoms with Crippen molar-refractivity contribution in [2.75, 3.05) is 11.4 Å². The average Bonchev–Trinajstić information content (AvgIpc) is 2.57. The maximum Gasteiger partial charge on any atom is 0.230 e. The molecule has 0 aromatic carbocycles. The van der Waals surface area contributed by atoms with Crippen molar-refractivity contribution in [2.45, 2.75) is 12.5 Å².